The van der Waals surface area contributed by atoms with E-state index in [1.807, 2.05) is 24.3 Å². The number of amides is 1. The fourth-order valence-electron chi connectivity index (χ4n) is 3.54. The quantitative estimate of drug-likeness (QED) is 0.844. The first-order chi connectivity index (χ1) is 11.7. The lowest BCUT2D eigenvalue weighted by Gasteiger charge is -2.23. The molecule has 0 radical (unpaired) electrons. The number of methoxy groups -OCH3 is 1. The molecular formula is C19H24Cl2N2O2. The molecule has 1 aliphatic heterocycles. The molecule has 0 bridgehead atoms. The van der Waals surface area contributed by atoms with E-state index in [2.05, 4.69) is 17.1 Å². The van der Waals surface area contributed by atoms with Crippen LogP contribution in [0.3, 0.4) is 0 Å². The SMILES string of the molecule is CCN1CCCC1CNC(=O)c1cc(Cl)c2ccccc2c1OC.Cl. The number of hydrogen-bond acceptors (Lipinski definition) is 3. The molecule has 4 nitrogen and oxygen atoms in total. The molecule has 0 spiro atoms. The Kier molecular flexibility index (Phi) is 6.94. The van der Waals surface area contributed by atoms with Crippen molar-refractivity contribution in [2.75, 3.05) is 26.7 Å². The van der Waals surface area contributed by atoms with E-state index in [4.69, 9.17) is 16.3 Å². The maximum atomic E-state index is 12.7. The average Bonchev–Trinajstić information content (AvgIpc) is 3.07. The van der Waals surface area contributed by atoms with Crippen molar-refractivity contribution in [1.82, 2.24) is 10.2 Å². The van der Waals surface area contributed by atoms with Gasteiger partial charge in [-0.1, -0.05) is 42.8 Å². The van der Waals surface area contributed by atoms with Crippen molar-refractivity contribution < 1.29 is 9.53 Å². The molecule has 0 aliphatic carbocycles. The fraction of sp³-hybridized carbons (Fsp3) is 0.421. The van der Waals surface area contributed by atoms with Crippen LogP contribution in [0.15, 0.2) is 30.3 Å². The zero-order valence-electron chi connectivity index (χ0n) is 14.5. The van der Waals surface area contributed by atoms with E-state index >= 15 is 0 Å². The van der Waals surface area contributed by atoms with Gasteiger partial charge >= 0.3 is 0 Å². The molecule has 2 aromatic carbocycles. The van der Waals surface area contributed by atoms with Crippen molar-refractivity contribution in [3.05, 3.63) is 40.9 Å². The summed E-state index contributed by atoms with van der Waals surface area (Å²) in [7, 11) is 1.59. The summed E-state index contributed by atoms with van der Waals surface area (Å²) in [5, 5.41) is 5.36. The first kappa shape index (κ1) is 19.8. The summed E-state index contributed by atoms with van der Waals surface area (Å²) in [6, 6.07) is 9.81. The van der Waals surface area contributed by atoms with Crippen LogP contribution in [0.1, 0.15) is 30.1 Å². The molecule has 1 unspecified atom stereocenters. The van der Waals surface area contributed by atoms with Crippen LogP contribution in [0.5, 0.6) is 5.75 Å². The van der Waals surface area contributed by atoms with Crippen LogP contribution in [0.4, 0.5) is 0 Å². The van der Waals surface area contributed by atoms with Gasteiger partial charge in [0.1, 0.15) is 5.75 Å². The van der Waals surface area contributed by atoms with Crippen molar-refractivity contribution in [2.45, 2.75) is 25.8 Å². The van der Waals surface area contributed by atoms with Gasteiger partial charge in [0.25, 0.3) is 5.91 Å². The molecule has 136 valence electrons. The van der Waals surface area contributed by atoms with Crippen molar-refractivity contribution >= 4 is 40.7 Å². The molecule has 1 fully saturated rings. The number of ether oxygens (including phenoxy) is 1. The summed E-state index contributed by atoms with van der Waals surface area (Å²) in [6.07, 6.45) is 2.32. The number of nitrogens with one attached hydrogen (secondary N) is 1. The molecule has 1 heterocycles. The van der Waals surface area contributed by atoms with Gasteiger partial charge in [0, 0.05) is 28.4 Å². The van der Waals surface area contributed by atoms with Crippen LogP contribution in [-0.2, 0) is 0 Å². The van der Waals surface area contributed by atoms with Crippen LogP contribution in [0, 0.1) is 0 Å². The summed E-state index contributed by atoms with van der Waals surface area (Å²) in [5.74, 6) is 0.439. The van der Waals surface area contributed by atoms with Crippen molar-refractivity contribution in [2.24, 2.45) is 0 Å². The van der Waals surface area contributed by atoms with E-state index in [1.54, 1.807) is 13.2 Å². The number of nitrogens with zero attached hydrogens (tertiary/aromatic N) is 1. The number of carbonyl (C=O) groups excluding carboxylic acids is 1. The van der Waals surface area contributed by atoms with E-state index in [0.717, 1.165) is 30.3 Å². The number of halogens is 2. The number of fused-ring (bicyclic) bond motifs is 1. The van der Waals surface area contributed by atoms with Crippen molar-refractivity contribution in [3.8, 4) is 5.75 Å². The zero-order valence-corrected chi connectivity index (χ0v) is 16.1. The minimum Gasteiger partial charge on any atom is -0.495 e. The maximum absolute atomic E-state index is 12.7. The highest BCUT2D eigenvalue weighted by Gasteiger charge is 2.24. The van der Waals surface area contributed by atoms with Crippen LogP contribution in [0.2, 0.25) is 5.02 Å². The third-order valence-electron chi connectivity index (χ3n) is 4.80. The minimum absolute atomic E-state index is 0. The lowest BCUT2D eigenvalue weighted by Crippen LogP contribution is -2.40. The number of benzene rings is 2. The molecule has 3 rings (SSSR count). The number of likely N-dealkylation sites (tertiary alicyclic amines) is 1. The smallest absolute Gasteiger partial charge is 0.255 e. The molecule has 6 heteroatoms. The topological polar surface area (TPSA) is 41.6 Å². The summed E-state index contributed by atoms with van der Waals surface area (Å²) in [5.41, 5.74) is 0.488. The Bertz CT molecular complexity index is 752. The average molecular weight is 383 g/mol. The highest BCUT2D eigenvalue weighted by Crippen LogP contribution is 2.35. The summed E-state index contributed by atoms with van der Waals surface area (Å²) < 4.78 is 5.52. The van der Waals surface area contributed by atoms with Crippen LogP contribution in [-0.4, -0.2) is 43.6 Å². The first-order valence-corrected chi connectivity index (χ1v) is 8.81. The van der Waals surface area contributed by atoms with Crippen LogP contribution < -0.4 is 10.1 Å². The predicted molar refractivity (Wildman–Crippen MR) is 105 cm³/mol. The van der Waals surface area contributed by atoms with E-state index in [1.165, 1.54) is 6.42 Å². The third-order valence-corrected chi connectivity index (χ3v) is 5.11. The van der Waals surface area contributed by atoms with Crippen LogP contribution >= 0.6 is 24.0 Å². The Morgan fingerprint density at radius 2 is 2.08 bits per heavy atom. The van der Waals surface area contributed by atoms with Gasteiger partial charge in [0.05, 0.1) is 12.7 Å². The zero-order chi connectivity index (χ0) is 17.1. The highest BCUT2D eigenvalue weighted by atomic mass is 35.5. The molecule has 1 aliphatic rings. The second kappa shape index (κ2) is 8.75. The highest BCUT2D eigenvalue weighted by molar-refractivity contribution is 6.36. The molecule has 0 aromatic heterocycles. The van der Waals surface area contributed by atoms with E-state index in [9.17, 15) is 4.79 Å². The third kappa shape index (κ3) is 4.02. The molecule has 1 saturated heterocycles. The van der Waals surface area contributed by atoms with Gasteiger partial charge in [-0.2, -0.15) is 0 Å². The summed E-state index contributed by atoms with van der Waals surface area (Å²) in [4.78, 5) is 15.1. The second-order valence-corrected chi connectivity index (χ2v) is 6.53. The minimum atomic E-state index is -0.137. The standard InChI is InChI=1S/C19H23ClN2O2.ClH/c1-3-22-10-6-7-13(22)12-21-19(23)16-11-17(20)14-8-4-5-9-15(14)18(16)24-2;/h4-5,8-9,11,13H,3,6-7,10,12H2,1-2H3,(H,21,23);1H. The Balaban J connectivity index is 0.00000225. The number of hydrogen-bond donors (Lipinski definition) is 1. The largest absolute Gasteiger partial charge is 0.495 e. The normalized spacial score (nSPS) is 17.3. The van der Waals surface area contributed by atoms with E-state index < -0.39 is 0 Å². The lowest BCUT2D eigenvalue weighted by atomic mass is 10.0. The number of carbonyl (C=O) groups is 1. The Hall–Kier alpha value is -1.49. The van der Waals surface area contributed by atoms with Gasteiger partial charge in [-0.3, -0.25) is 9.69 Å². The fourth-order valence-corrected chi connectivity index (χ4v) is 3.82. The Morgan fingerprint density at radius 3 is 2.76 bits per heavy atom. The van der Waals surface area contributed by atoms with Crippen molar-refractivity contribution in [1.29, 1.82) is 0 Å². The lowest BCUT2D eigenvalue weighted by molar-refractivity contribution is 0.0938. The van der Waals surface area contributed by atoms with E-state index in [0.29, 0.717) is 28.9 Å². The molecule has 1 atom stereocenters. The summed E-state index contributed by atoms with van der Waals surface area (Å²) >= 11 is 6.36. The van der Waals surface area contributed by atoms with Gasteiger partial charge in [0.15, 0.2) is 0 Å². The van der Waals surface area contributed by atoms with Crippen LogP contribution in [0.25, 0.3) is 10.8 Å². The monoisotopic (exact) mass is 382 g/mol. The van der Waals surface area contributed by atoms with Gasteiger partial charge in [-0.05, 0) is 32.0 Å². The molecule has 0 saturated carbocycles. The van der Waals surface area contributed by atoms with Gasteiger partial charge in [-0.25, -0.2) is 0 Å². The van der Waals surface area contributed by atoms with Gasteiger partial charge < -0.3 is 10.1 Å². The maximum Gasteiger partial charge on any atom is 0.255 e. The number of likely N-dealkylation sites (N-methyl/N-ethyl adjacent to an activating group) is 1. The Labute approximate surface area is 159 Å². The van der Waals surface area contributed by atoms with Gasteiger partial charge in [0.2, 0.25) is 0 Å². The molecule has 1 N–H and O–H groups in total. The molecule has 2 aromatic rings. The predicted octanol–water partition coefficient (Wildman–Crippen LogP) is 4.14. The molecular weight excluding hydrogens is 359 g/mol. The second-order valence-electron chi connectivity index (χ2n) is 6.12. The van der Waals surface area contributed by atoms with Gasteiger partial charge in [-0.15, -0.1) is 12.4 Å². The molecule has 25 heavy (non-hydrogen) atoms. The van der Waals surface area contributed by atoms with E-state index in [-0.39, 0.29) is 18.3 Å². The number of rotatable bonds is 5. The molecule has 1 amide bonds. The Morgan fingerprint density at radius 1 is 1.36 bits per heavy atom. The first-order valence-electron chi connectivity index (χ1n) is 8.43. The van der Waals surface area contributed by atoms with Crippen molar-refractivity contribution in [3.63, 3.8) is 0 Å². The summed E-state index contributed by atoms with van der Waals surface area (Å²) in [6.45, 7) is 4.94.